The first kappa shape index (κ1) is 35.9. The fraction of sp³-hybridized carbons (Fsp3) is 0.806. The summed E-state index contributed by atoms with van der Waals surface area (Å²) in [5, 5.41) is 11.3. The van der Waals surface area contributed by atoms with Crippen molar-refractivity contribution in [1.82, 2.24) is 4.90 Å². The highest BCUT2D eigenvalue weighted by atomic mass is 32.2. The second kappa shape index (κ2) is 14.2. The maximum Gasteiger partial charge on any atom is 0.453 e. The maximum atomic E-state index is 13.0. The molecule has 1 spiro atoms. The van der Waals surface area contributed by atoms with Crippen molar-refractivity contribution in [2.45, 2.75) is 121 Å². The van der Waals surface area contributed by atoms with Crippen molar-refractivity contribution in [3.8, 4) is 5.75 Å². The van der Waals surface area contributed by atoms with E-state index < -0.39 is 18.5 Å². The molecular weight excluding hydrogens is 621 g/mol. The third-order valence-corrected chi connectivity index (χ3v) is 13.4. The number of alkyl halides is 5. The molecule has 5 rings (SSSR count). The number of fused-ring (bicyclic) bond motifs is 6. The van der Waals surface area contributed by atoms with Gasteiger partial charge in [-0.3, -0.25) is 4.79 Å². The molecule has 1 aromatic carbocycles. The predicted molar refractivity (Wildman–Crippen MR) is 172 cm³/mol. The molecular formula is C36H52F5NO3S. The van der Waals surface area contributed by atoms with Crippen LogP contribution in [0, 0.1) is 28.6 Å². The summed E-state index contributed by atoms with van der Waals surface area (Å²) in [5.41, 5.74) is 3.10. The van der Waals surface area contributed by atoms with Crippen molar-refractivity contribution in [2.24, 2.45) is 28.6 Å². The lowest BCUT2D eigenvalue weighted by atomic mass is 9.50. The fourth-order valence-corrected chi connectivity index (χ4v) is 10.6. The van der Waals surface area contributed by atoms with Crippen LogP contribution in [0.4, 0.5) is 22.0 Å². The summed E-state index contributed by atoms with van der Waals surface area (Å²) in [7, 11) is 2.08. The number of hydrogen-bond acceptors (Lipinski definition) is 5. The number of aliphatic hydroxyl groups is 1. The molecule has 4 aliphatic carbocycles. The van der Waals surface area contributed by atoms with Gasteiger partial charge in [0, 0.05) is 18.8 Å². The van der Waals surface area contributed by atoms with Crippen LogP contribution in [0.25, 0.3) is 0 Å². The zero-order valence-electron chi connectivity index (χ0n) is 27.6. The van der Waals surface area contributed by atoms with E-state index in [0.29, 0.717) is 35.2 Å². The molecule has 4 aliphatic rings. The molecule has 4 nitrogen and oxygen atoms in total. The molecule has 3 saturated carbocycles. The summed E-state index contributed by atoms with van der Waals surface area (Å²) >= 11 is 1.44. The van der Waals surface area contributed by atoms with Crippen LogP contribution in [0.5, 0.6) is 5.75 Å². The van der Waals surface area contributed by atoms with Gasteiger partial charge in [-0.1, -0.05) is 25.8 Å². The fourth-order valence-electron chi connectivity index (χ4n) is 9.70. The normalized spacial score (nSPS) is 29.8. The van der Waals surface area contributed by atoms with Crippen molar-refractivity contribution >= 4 is 17.7 Å². The van der Waals surface area contributed by atoms with Gasteiger partial charge in [-0.15, -0.1) is 0 Å². The Kier molecular flexibility index (Phi) is 11.1. The summed E-state index contributed by atoms with van der Waals surface area (Å²) < 4.78 is 68.3. The Labute approximate surface area is 275 Å². The van der Waals surface area contributed by atoms with E-state index in [9.17, 15) is 31.9 Å². The third-order valence-electron chi connectivity index (χ3n) is 12.2. The van der Waals surface area contributed by atoms with Gasteiger partial charge in [-0.25, -0.2) is 0 Å². The Morgan fingerprint density at radius 1 is 1.04 bits per heavy atom. The number of unbranched alkanes of at least 4 members (excludes halogenated alkanes) is 2. The minimum absolute atomic E-state index is 0.136. The van der Waals surface area contributed by atoms with Gasteiger partial charge in [0.2, 0.25) is 0 Å². The van der Waals surface area contributed by atoms with Crippen molar-refractivity contribution in [1.29, 1.82) is 0 Å². The zero-order chi connectivity index (χ0) is 33.3. The van der Waals surface area contributed by atoms with Gasteiger partial charge in [0.15, 0.2) is 0 Å². The van der Waals surface area contributed by atoms with Crippen LogP contribution >= 0.6 is 11.8 Å². The van der Waals surface area contributed by atoms with Gasteiger partial charge in [0.05, 0.1) is 6.10 Å². The third kappa shape index (κ3) is 7.44. The largest absolute Gasteiger partial charge is 0.453 e. The lowest BCUT2D eigenvalue weighted by Gasteiger charge is -2.54. The molecule has 1 aromatic rings. The Morgan fingerprint density at radius 3 is 2.46 bits per heavy atom. The predicted octanol–water partition coefficient (Wildman–Crippen LogP) is 9.04. The second-order valence-corrected chi connectivity index (χ2v) is 16.2. The molecule has 0 saturated heterocycles. The quantitative estimate of drug-likeness (QED) is 0.0872. The van der Waals surface area contributed by atoms with Crippen LogP contribution < -0.4 is 4.74 Å². The number of benzene rings is 1. The average molecular weight is 674 g/mol. The molecule has 46 heavy (non-hydrogen) atoms. The standard InChI is InChI=1S/C36H52F5NO3S/c1-24(43)45-27-10-11-28-26(22-27)21-25(32-29(28)12-14-33(2)30(32)23-31(44)34(33)15-16-34)9-5-4-6-17-42(3)18-8-20-46-19-7-13-35(37,38)36(39,40)41/h10-11,22,25,29-32,44H,4-9,12-21,23H2,1-3H3/t25?,29?,30?,31-,32?,33+/m1/s1. The summed E-state index contributed by atoms with van der Waals surface area (Å²) in [6.45, 7) is 5.77. The number of ether oxygens (including phenoxy) is 1. The molecule has 0 aromatic heterocycles. The van der Waals surface area contributed by atoms with Gasteiger partial charge in [-0.05, 0) is 148 Å². The number of halogens is 5. The van der Waals surface area contributed by atoms with E-state index in [1.54, 1.807) is 0 Å². The van der Waals surface area contributed by atoms with Gasteiger partial charge in [0.25, 0.3) is 0 Å². The van der Waals surface area contributed by atoms with E-state index in [4.69, 9.17) is 4.74 Å². The molecule has 0 amide bonds. The lowest BCUT2D eigenvalue weighted by molar-refractivity contribution is -0.284. The molecule has 6 atom stereocenters. The van der Waals surface area contributed by atoms with Crippen molar-refractivity contribution in [3.05, 3.63) is 29.3 Å². The molecule has 0 radical (unpaired) electrons. The van der Waals surface area contributed by atoms with Crippen LogP contribution in [-0.4, -0.2) is 65.8 Å². The Morgan fingerprint density at radius 2 is 1.76 bits per heavy atom. The minimum atomic E-state index is -5.46. The topological polar surface area (TPSA) is 49.8 Å². The molecule has 0 heterocycles. The summed E-state index contributed by atoms with van der Waals surface area (Å²) in [5.74, 6) is -1.06. The minimum Gasteiger partial charge on any atom is -0.427 e. The molecule has 0 aliphatic heterocycles. The van der Waals surface area contributed by atoms with E-state index in [1.165, 1.54) is 49.1 Å². The highest BCUT2D eigenvalue weighted by molar-refractivity contribution is 7.99. The number of nitrogens with zero attached hydrogens (tertiary/aromatic N) is 1. The molecule has 260 valence electrons. The molecule has 3 fully saturated rings. The number of rotatable bonds is 15. The maximum absolute atomic E-state index is 13.0. The molecule has 0 bridgehead atoms. The van der Waals surface area contributed by atoms with E-state index in [2.05, 4.69) is 31.0 Å². The van der Waals surface area contributed by atoms with E-state index >= 15 is 0 Å². The highest BCUT2D eigenvalue weighted by Crippen LogP contribution is 2.76. The number of carbonyl (C=O) groups is 1. The molecule has 4 unspecified atom stereocenters. The van der Waals surface area contributed by atoms with Crippen LogP contribution in [0.2, 0.25) is 0 Å². The number of hydrogen-bond donors (Lipinski definition) is 1. The first-order valence-corrected chi connectivity index (χ1v) is 18.5. The summed E-state index contributed by atoms with van der Waals surface area (Å²) in [6.07, 6.45) is 5.07. The van der Waals surface area contributed by atoms with Crippen LogP contribution in [0.1, 0.15) is 108 Å². The number of esters is 1. The van der Waals surface area contributed by atoms with E-state index in [1.807, 2.05) is 6.07 Å². The second-order valence-electron chi connectivity index (χ2n) is 15.0. The number of carbonyl (C=O) groups excluding carboxylic acids is 1. The van der Waals surface area contributed by atoms with Gasteiger partial charge >= 0.3 is 18.1 Å². The van der Waals surface area contributed by atoms with Gasteiger partial charge in [0.1, 0.15) is 5.75 Å². The van der Waals surface area contributed by atoms with E-state index in [0.717, 1.165) is 70.2 Å². The summed E-state index contributed by atoms with van der Waals surface area (Å²) in [6, 6.07) is 6.24. The lowest BCUT2D eigenvalue weighted by Crippen LogP contribution is -2.46. The Bertz CT molecular complexity index is 1210. The van der Waals surface area contributed by atoms with Crippen molar-refractivity contribution in [2.75, 3.05) is 31.6 Å². The average Bonchev–Trinajstić information content (AvgIpc) is 3.76. The van der Waals surface area contributed by atoms with Crippen molar-refractivity contribution < 1.29 is 36.6 Å². The smallest absolute Gasteiger partial charge is 0.427 e. The first-order valence-electron chi connectivity index (χ1n) is 17.4. The Balaban J connectivity index is 1.09. The SMILES string of the molecule is CC(=O)Oc1ccc2c(c1)CC(CCCCCN(C)CCCSCCCC(F)(F)C(F)(F)F)C1C2CC[C@@]2(C)C1C[C@@H](O)C21CC1. The molecule has 10 heteroatoms. The highest BCUT2D eigenvalue weighted by Gasteiger charge is 2.71. The molecule has 1 N–H and O–H groups in total. The summed E-state index contributed by atoms with van der Waals surface area (Å²) in [4.78, 5) is 13.9. The van der Waals surface area contributed by atoms with Gasteiger partial charge < -0.3 is 14.7 Å². The first-order chi connectivity index (χ1) is 21.7. The van der Waals surface area contributed by atoms with Crippen LogP contribution in [0.15, 0.2) is 18.2 Å². The number of aliphatic hydroxyl groups excluding tert-OH is 1. The van der Waals surface area contributed by atoms with Crippen LogP contribution in [-0.2, 0) is 11.2 Å². The zero-order valence-corrected chi connectivity index (χ0v) is 28.5. The Hall–Kier alpha value is -1.39. The van der Waals surface area contributed by atoms with Crippen LogP contribution in [0.3, 0.4) is 0 Å². The van der Waals surface area contributed by atoms with Gasteiger partial charge in [-0.2, -0.15) is 33.7 Å². The van der Waals surface area contributed by atoms with E-state index in [-0.39, 0.29) is 29.3 Å². The monoisotopic (exact) mass is 673 g/mol. The number of thioether (sulfide) groups is 1. The van der Waals surface area contributed by atoms with Crippen molar-refractivity contribution in [3.63, 3.8) is 0 Å².